The Morgan fingerprint density at radius 1 is 1.08 bits per heavy atom. The first kappa shape index (κ1) is 27.0. The van der Waals surface area contributed by atoms with Gasteiger partial charge >= 0.3 is 12.0 Å². The zero-order valence-corrected chi connectivity index (χ0v) is 22.7. The zero-order chi connectivity index (χ0) is 27.2. The number of rotatable bonds is 8. The lowest BCUT2D eigenvalue weighted by Gasteiger charge is -2.12. The van der Waals surface area contributed by atoms with E-state index in [0.717, 1.165) is 5.56 Å². The van der Waals surface area contributed by atoms with E-state index < -0.39 is 12.0 Å². The highest BCUT2D eigenvalue weighted by Crippen LogP contribution is 2.30. The van der Waals surface area contributed by atoms with Crippen LogP contribution in [0, 0.1) is 6.92 Å². The van der Waals surface area contributed by atoms with Crippen molar-refractivity contribution in [3.63, 3.8) is 0 Å². The van der Waals surface area contributed by atoms with E-state index in [9.17, 15) is 9.59 Å². The Morgan fingerprint density at radius 3 is 2.61 bits per heavy atom. The Balaban J connectivity index is 1.43. The maximum Gasteiger partial charge on any atom is 0.338 e. The molecule has 4 rings (SSSR count). The molecule has 0 aliphatic rings. The van der Waals surface area contributed by atoms with Gasteiger partial charge in [-0.05, 0) is 54.4 Å². The second-order valence-corrected chi connectivity index (χ2v) is 9.48. The molecule has 38 heavy (non-hydrogen) atoms. The second-order valence-electron chi connectivity index (χ2n) is 8.13. The number of methoxy groups -OCH3 is 2. The smallest absolute Gasteiger partial charge is 0.338 e. The lowest BCUT2D eigenvalue weighted by molar-refractivity contribution is 0.0599. The number of carbonyl (C=O) groups excluding carboxylic acids is 2. The zero-order valence-electron chi connectivity index (χ0n) is 21.1. The summed E-state index contributed by atoms with van der Waals surface area (Å²) in [6.45, 7) is 1.93. The number of ether oxygens (including phenoxy) is 2. The Labute approximate surface area is 228 Å². The molecule has 0 aliphatic carbocycles. The minimum absolute atomic E-state index is 0.365. The van der Waals surface area contributed by atoms with Gasteiger partial charge < -0.3 is 19.4 Å². The number of hydrogen-bond donors (Lipinski definition) is 2. The standard InChI is InChI=1S/C26H25ClN6O4S/c1-15-8-10-21(36-3)20(12-15)29-25(35)30-22-11-9-16(13-28-22)23-31-32-26(33(23)2)38-14-18-17(24(34)37-4)6-5-7-19(18)27/h5-13H,14H2,1-4H3,(H2,28,29,30,35). The highest BCUT2D eigenvalue weighted by atomic mass is 35.5. The van der Waals surface area contributed by atoms with E-state index in [0.29, 0.717) is 55.7 Å². The SMILES string of the molecule is COC(=O)c1cccc(Cl)c1CSc1nnc(-c2ccc(NC(=O)Nc3cc(C)ccc3OC)nc2)n1C. The lowest BCUT2D eigenvalue weighted by Crippen LogP contribution is -2.20. The van der Waals surface area contributed by atoms with E-state index in [1.54, 1.807) is 49.7 Å². The molecule has 196 valence electrons. The highest BCUT2D eigenvalue weighted by molar-refractivity contribution is 7.98. The van der Waals surface area contributed by atoms with Crippen LogP contribution in [0.3, 0.4) is 0 Å². The van der Waals surface area contributed by atoms with Crippen molar-refractivity contribution >= 4 is 46.9 Å². The van der Waals surface area contributed by atoms with E-state index in [-0.39, 0.29) is 0 Å². The number of anilines is 2. The number of urea groups is 1. The summed E-state index contributed by atoms with van der Waals surface area (Å²) >= 11 is 7.73. The largest absolute Gasteiger partial charge is 0.495 e. The van der Waals surface area contributed by atoms with Crippen LogP contribution in [0.15, 0.2) is 59.9 Å². The number of pyridine rings is 1. The van der Waals surface area contributed by atoms with Crippen LogP contribution in [0.25, 0.3) is 11.4 Å². The Morgan fingerprint density at radius 2 is 1.89 bits per heavy atom. The van der Waals surface area contributed by atoms with Gasteiger partial charge in [0.15, 0.2) is 11.0 Å². The predicted octanol–water partition coefficient (Wildman–Crippen LogP) is 5.57. The third kappa shape index (κ3) is 6.06. The molecule has 0 spiro atoms. The van der Waals surface area contributed by atoms with Gasteiger partial charge in [0.25, 0.3) is 0 Å². The Bertz CT molecular complexity index is 1480. The molecule has 0 aliphatic heterocycles. The van der Waals surface area contributed by atoms with Crippen molar-refractivity contribution in [1.82, 2.24) is 19.7 Å². The summed E-state index contributed by atoms with van der Waals surface area (Å²) in [6, 6.07) is 13.6. The molecule has 0 bridgehead atoms. The Kier molecular flexibility index (Phi) is 8.49. The van der Waals surface area contributed by atoms with Gasteiger partial charge in [0, 0.05) is 29.6 Å². The first-order valence-corrected chi connectivity index (χ1v) is 12.7. The molecule has 4 aromatic rings. The van der Waals surface area contributed by atoms with Gasteiger partial charge in [-0.3, -0.25) is 5.32 Å². The monoisotopic (exact) mass is 552 g/mol. The molecule has 12 heteroatoms. The third-order valence-electron chi connectivity index (χ3n) is 5.57. The number of esters is 1. The van der Waals surface area contributed by atoms with Gasteiger partial charge in [0.1, 0.15) is 11.6 Å². The van der Waals surface area contributed by atoms with Gasteiger partial charge in [0.05, 0.1) is 25.5 Å². The van der Waals surface area contributed by atoms with Gasteiger partial charge in [-0.1, -0.05) is 35.5 Å². The van der Waals surface area contributed by atoms with Crippen LogP contribution in [-0.4, -0.2) is 46.0 Å². The molecule has 2 amide bonds. The molecule has 0 saturated carbocycles. The fourth-order valence-electron chi connectivity index (χ4n) is 3.62. The van der Waals surface area contributed by atoms with Crippen LogP contribution >= 0.6 is 23.4 Å². The van der Waals surface area contributed by atoms with Crippen LogP contribution in [-0.2, 0) is 17.5 Å². The number of aryl methyl sites for hydroxylation is 1. The van der Waals surface area contributed by atoms with Crippen molar-refractivity contribution in [1.29, 1.82) is 0 Å². The summed E-state index contributed by atoms with van der Waals surface area (Å²) in [5.74, 6) is 1.46. The fraction of sp³-hybridized carbons (Fsp3) is 0.192. The maximum absolute atomic E-state index is 12.5. The van der Waals surface area contributed by atoms with Crippen molar-refractivity contribution in [2.75, 3.05) is 24.9 Å². The quantitative estimate of drug-likeness (QED) is 0.215. The molecule has 0 unspecified atom stereocenters. The number of thioether (sulfide) groups is 1. The number of nitrogens with one attached hydrogen (secondary N) is 2. The van der Waals surface area contributed by atoms with E-state index in [1.165, 1.54) is 18.9 Å². The van der Waals surface area contributed by atoms with E-state index in [4.69, 9.17) is 21.1 Å². The number of amides is 2. The molecule has 10 nitrogen and oxygen atoms in total. The van der Waals surface area contributed by atoms with Crippen LogP contribution < -0.4 is 15.4 Å². The first-order chi connectivity index (χ1) is 18.3. The van der Waals surface area contributed by atoms with Crippen LogP contribution in [0.2, 0.25) is 5.02 Å². The van der Waals surface area contributed by atoms with Crippen LogP contribution in [0.5, 0.6) is 5.75 Å². The number of halogens is 1. The predicted molar refractivity (Wildman–Crippen MR) is 147 cm³/mol. The molecule has 0 saturated heterocycles. The van der Waals surface area contributed by atoms with Crippen LogP contribution in [0.4, 0.5) is 16.3 Å². The van der Waals surface area contributed by atoms with E-state index >= 15 is 0 Å². The van der Waals surface area contributed by atoms with Crippen molar-refractivity contribution < 1.29 is 19.1 Å². The molecule has 2 aromatic carbocycles. The maximum atomic E-state index is 12.5. The molecule has 2 heterocycles. The summed E-state index contributed by atoms with van der Waals surface area (Å²) in [7, 11) is 4.71. The molecular weight excluding hydrogens is 528 g/mol. The highest BCUT2D eigenvalue weighted by Gasteiger charge is 2.18. The number of nitrogens with zero attached hydrogens (tertiary/aromatic N) is 4. The third-order valence-corrected chi connectivity index (χ3v) is 6.97. The topological polar surface area (TPSA) is 120 Å². The average Bonchev–Trinajstić information content (AvgIpc) is 3.27. The molecule has 0 radical (unpaired) electrons. The average molecular weight is 553 g/mol. The van der Waals surface area contributed by atoms with Gasteiger partial charge in [0.2, 0.25) is 0 Å². The molecule has 0 fully saturated rings. The Hall–Kier alpha value is -4.09. The van der Waals surface area contributed by atoms with Crippen molar-refractivity contribution in [3.8, 4) is 17.1 Å². The fourth-order valence-corrected chi connectivity index (χ4v) is 4.91. The number of benzene rings is 2. The van der Waals surface area contributed by atoms with Crippen molar-refractivity contribution in [3.05, 3.63) is 76.4 Å². The summed E-state index contributed by atoms with van der Waals surface area (Å²) < 4.78 is 12.0. The lowest BCUT2D eigenvalue weighted by atomic mass is 10.1. The molecule has 2 aromatic heterocycles. The summed E-state index contributed by atoms with van der Waals surface area (Å²) in [5.41, 5.74) is 3.33. The van der Waals surface area contributed by atoms with E-state index in [2.05, 4.69) is 25.8 Å². The summed E-state index contributed by atoms with van der Waals surface area (Å²) in [4.78, 5) is 28.9. The van der Waals surface area contributed by atoms with Crippen molar-refractivity contribution in [2.45, 2.75) is 17.8 Å². The van der Waals surface area contributed by atoms with Crippen molar-refractivity contribution in [2.24, 2.45) is 7.05 Å². The van der Waals surface area contributed by atoms with Gasteiger partial charge in [-0.2, -0.15) is 0 Å². The molecular formula is C26H25ClN6O4S. The van der Waals surface area contributed by atoms with Gasteiger partial charge in [-0.25, -0.2) is 14.6 Å². The number of hydrogen-bond acceptors (Lipinski definition) is 8. The minimum Gasteiger partial charge on any atom is -0.495 e. The molecule has 2 N–H and O–H groups in total. The minimum atomic E-state index is -0.451. The normalized spacial score (nSPS) is 10.7. The first-order valence-electron chi connectivity index (χ1n) is 11.4. The summed E-state index contributed by atoms with van der Waals surface area (Å²) in [5, 5.41) is 15.1. The molecule has 0 atom stereocenters. The van der Waals surface area contributed by atoms with Gasteiger partial charge in [-0.15, -0.1) is 10.2 Å². The summed E-state index contributed by atoms with van der Waals surface area (Å²) in [6.07, 6.45) is 1.60. The van der Waals surface area contributed by atoms with E-state index in [1.807, 2.05) is 30.7 Å². The number of carbonyl (C=O) groups is 2. The van der Waals surface area contributed by atoms with Crippen LogP contribution in [0.1, 0.15) is 21.5 Å². The number of aromatic nitrogens is 4. The second kappa shape index (κ2) is 12.0.